The number of hydrogen-bond donors (Lipinski definition) is 1. The molecule has 132 valence electrons. The van der Waals surface area contributed by atoms with Crippen molar-refractivity contribution in [2.24, 2.45) is 5.92 Å². The molecule has 1 heterocycles. The van der Waals surface area contributed by atoms with Gasteiger partial charge in [0.25, 0.3) is 5.56 Å². The van der Waals surface area contributed by atoms with Crippen molar-refractivity contribution in [1.29, 1.82) is 0 Å². The molecule has 4 heteroatoms. The molecule has 1 aliphatic carbocycles. The molecule has 0 spiro atoms. The number of nitrogens with one attached hydrogen (secondary N) is 1. The molecule has 2 aromatic rings. The predicted octanol–water partition coefficient (Wildman–Crippen LogP) is 4.95. The highest BCUT2D eigenvalue weighted by Crippen LogP contribution is 2.36. The van der Waals surface area contributed by atoms with Gasteiger partial charge in [-0.1, -0.05) is 25.4 Å². The summed E-state index contributed by atoms with van der Waals surface area (Å²) in [5.41, 5.74) is 4.31. The van der Waals surface area contributed by atoms with Gasteiger partial charge < -0.3 is 4.98 Å². The monoisotopic (exact) mass is 357 g/mol. The van der Waals surface area contributed by atoms with Gasteiger partial charge in [-0.2, -0.15) is 0 Å². The number of benzene rings is 1. The van der Waals surface area contributed by atoms with Crippen LogP contribution in [0.15, 0.2) is 23.0 Å². The third-order valence-electron chi connectivity index (χ3n) is 4.87. The average Bonchev–Trinajstić information content (AvgIpc) is 3.31. The van der Waals surface area contributed by atoms with E-state index in [2.05, 4.69) is 4.98 Å². The second-order valence-corrected chi connectivity index (χ2v) is 7.93. The highest BCUT2D eigenvalue weighted by Gasteiger charge is 2.29. The molecule has 1 aromatic heterocycles. The quantitative estimate of drug-likeness (QED) is 0.769. The van der Waals surface area contributed by atoms with Crippen LogP contribution in [-0.2, 0) is 6.42 Å². The summed E-state index contributed by atoms with van der Waals surface area (Å²) in [6.45, 7) is 7.73. The summed E-state index contributed by atoms with van der Waals surface area (Å²) < 4.78 is 0. The van der Waals surface area contributed by atoms with Crippen LogP contribution in [0.3, 0.4) is 0 Å². The molecular weight excluding hydrogens is 334 g/mol. The molecule has 0 saturated heterocycles. The molecule has 0 radical (unpaired) electrons. The number of halogens is 1. The smallest absolute Gasteiger partial charge is 0.252 e. The van der Waals surface area contributed by atoms with Gasteiger partial charge in [-0.15, -0.1) is 0 Å². The molecule has 1 N–H and O–H groups in total. The molecule has 25 heavy (non-hydrogen) atoms. The normalized spacial score (nSPS) is 14.2. The third-order valence-corrected chi connectivity index (χ3v) is 5.09. The lowest BCUT2D eigenvalue weighted by Crippen LogP contribution is -2.24. The van der Waals surface area contributed by atoms with Crippen molar-refractivity contribution in [2.45, 2.75) is 52.9 Å². The van der Waals surface area contributed by atoms with E-state index in [0.29, 0.717) is 27.6 Å². The van der Waals surface area contributed by atoms with Crippen molar-refractivity contribution in [1.82, 2.24) is 4.98 Å². The second kappa shape index (κ2) is 6.80. The van der Waals surface area contributed by atoms with E-state index in [1.165, 1.54) is 12.8 Å². The Morgan fingerprint density at radius 1 is 1.24 bits per heavy atom. The van der Waals surface area contributed by atoms with E-state index in [4.69, 9.17) is 11.6 Å². The Morgan fingerprint density at radius 2 is 1.92 bits per heavy atom. The van der Waals surface area contributed by atoms with Gasteiger partial charge in [0.2, 0.25) is 0 Å². The number of pyridine rings is 1. The second-order valence-electron chi connectivity index (χ2n) is 7.49. The molecule has 0 atom stereocenters. The van der Waals surface area contributed by atoms with Crippen molar-refractivity contribution in [3.05, 3.63) is 67.1 Å². The van der Waals surface area contributed by atoms with Crippen LogP contribution in [-0.4, -0.2) is 10.8 Å². The zero-order valence-electron chi connectivity index (χ0n) is 15.2. The Labute approximate surface area is 153 Å². The van der Waals surface area contributed by atoms with Gasteiger partial charge >= 0.3 is 0 Å². The van der Waals surface area contributed by atoms with Crippen molar-refractivity contribution in [2.75, 3.05) is 0 Å². The fraction of sp³-hybridized carbons (Fsp3) is 0.429. The largest absolute Gasteiger partial charge is 0.326 e. The molecule has 0 bridgehead atoms. The van der Waals surface area contributed by atoms with Crippen molar-refractivity contribution in [3.63, 3.8) is 0 Å². The number of ketones is 1. The molecule has 1 saturated carbocycles. The molecule has 1 aliphatic rings. The number of carbonyl (C=O) groups excluding carboxylic acids is 1. The van der Waals surface area contributed by atoms with E-state index < -0.39 is 0 Å². The average molecular weight is 358 g/mol. The first-order valence-electron chi connectivity index (χ1n) is 8.85. The standard InChI is InChI=1S/C21H24ClNO2/c1-11(2)18-19(20(24)15-7-12(3)8-16(22)10-15)17(9-14-5-6-14)13(4)23-21(18)25/h7-8,10-11,14H,5-6,9H2,1-4H3,(H,23,25). The zero-order valence-corrected chi connectivity index (χ0v) is 16.0. The Morgan fingerprint density at radius 3 is 2.48 bits per heavy atom. The summed E-state index contributed by atoms with van der Waals surface area (Å²) in [4.78, 5) is 28.9. The molecule has 3 rings (SSSR count). The van der Waals surface area contributed by atoms with E-state index in [9.17, 15) is 9.59 Å². The van der Waals surface area contributed by atoms with Crippen LogP contribution in [0.2, 0.25) is 5.02 Å². The van der Waals surface area contributed by atoms with Crippen LogP contribution >= 0.6 is 11.6 Å². The summed E-state index contributed by atoms with van der Waals surface area (Å²) in [6.07, 6.45) is 3.24. The Hall–Kier alpha value is -1.87. The van der Waals surface area contributed by atoms with Crippen LogP contribution in [0.1, 0.15) is 70.9 Å². The first-order chi connectivity index (χ1) is 11.8. The van der Waals surface area contributed by atoms with Crippen LogP contribution in [0, 0.1) is 19.8 Å². The van der Waals surface area contributed by atoms with E-state index in [-0.39, 0.29) is 17.3 Å². The van der Waals surface area contributed by atoms with E-state index in [1.807, 2.05) is 39.8 Å². The molecular formula is C21H24ClNO2. The summed E-state index contributed by atoms with van der Waals surface area (Å²) in [5, 5.41) is 0.541. The van der Waals surface area contributed by atoms with Crippen molar-refractivity contribution >= 4 is 17.4 Å². The third kappa shape index (κ3) is 3.72. The fourth-order valence-electron chi connectivity index (χ4n) is 3.46. The minimum Gasteiger partial charge on any atom is -0.326 e. The lowest BCUT2D eigenvalue weighted by atomic mass is 9.86. The predicted molar refractivity (Wildman–Crippen MR) is 102 cm³/mol. The van der Waals surface area contributed by atoms with Gasteiger partial charge in [0.15, 0.2) is 5.78 Å². The summed E-state index contributed by atoms with van der Waals surface area (Å²) >= 11 is 6.16. The molecule has 3 nitrogen and oxygen atoms in total. The first-order valence-corrected chi connectivity index (χ1v) is 9.23. The highest BCUT2D eigenvalue weighted by atomic mass is 35.5. The van der Waals surface area contributed by atoms with Gasteiger partial charge in [-0.05, 0) is 74.3 Å². The number of H-pyrrole nitrogens is 1. The van der Waals surface area contributed by atoms with E-state index in [1.54, 1.807) is 6.07 Å². The number of rotatable bonds is 5. The van der Waals surface area contributed by atoms with Gasteiger partial charge in [-0.3, -0.25) is 9.59 Å². The van der Waals surface area contributed by atoms with Crippen LogP contribution in [0.25, 0.3) is 0 Å². The maximum Gasteiger partial charge on any atom is 0.252 e. The zero-order chi connectivity index (χ0) is 18.3. The van der Waals surface area contributed by atoms with Gasteiger partial charge in [-0.25, -0.2) is 0 Å². The molecule has 0 aliphatic heterocycles. The number of aromatic amines is 1. The number of aromatic nitrogens is 1. The lowest BCUT2D eigenvalue weighted by Gasteiger charge is -2.18. The minimum absolute atomic E-state index is 0.0264. The first kappa shape index (κ1) is 17.9. The maximum atomic E-state index is 13.4. The van der Waals surface area contributed by atoms with Crippen LogP contribution < -0.4 is 5.56 Å². The summed E-state index contributed by atoms with van der Waals surface area (Å²) in [5.74, 6) is 0.498. The van der Waals surface area contributed by atoms with Crippen molar-refractivity contribution < 1.29 is 4.79 Å². The van der Waals surface area contributed by atoms with Gasteiger partial charge in [0.05, 0.1) is 0 Å². The molecule has 0 amide bonds. The number of hydrogen-bond acceptors (Lipinski definition) is 2. The minimum atomic E-state index is -0.158. The Kier molecular flexibility index (Phi) is 4.88. The van der Waals surface area contributed by atoms with Crippen molar-refractivity contribution in [3.8, 4) is 0 Å². The highest BCUT2D eigenvalue weighted by molar-refractivity contribution is 6.31. The van der Waals surface area contributed by atoms with Gasteiger partial charge in [0.1, 0.15) is 0 Å². The maximum absolute atomic E-state index is 13.4. The summed E-state index contributed by atoms with van der Waals surface area (Å²) in [7, 11) is 0. The Bertz CT molecular complexity index is 871. The number of carbonyl (C=O) groups is 1. The fourth-order valence-corrected chi connectivity index (χ4v) is 3.75. The molecule has 1 aromatic carbocycles. The topological polar surface area (TPSA) is 49.9 Å². The number of aryl methyl sites for hydroxylation is 2. The molecule has 1 fully saturated rings. The summed E-state index contributed by atoms with van der Waals surface area (Å²) in [6, 6.07) is 5.37. The lowest BCUT2D eigenvalue weighted by molar-refractivity contribution is 0.103. The van der Waals surface area contributed by atoms with Crippen LogP contribution in [0.5, 0.6) is 0 Å². The van der Waals surface area contributed by atoms with E-state index in [0.717, 1.165) is 23.2 Å². The Balaban J connectivity index is 2.23. The molecule has 0 unspecified atom stereocenters. The van der Waals surface area contributed by atoms with E-state index >= 15 is 0 Å². The van der Waals surface area contributed by atoms with Gasteiger partial charge in [0, 0.05) is 27.4 Å². The van der Waals surface area contributed by atoms with Crippen LogP contribution in [0.4, 0.5) is 0 Å². The SMILES string of the molecule is Cc1cc(Cl)cc(C(=O)c2c(CC3CC3)c(C)[nH]c(=O)c2C(C)C)c1.